The normalized spacial score (nSPS) is 15.7. The number of nitrogens with zero attached hydrogens (tertiary/aromatic N) is 2. The molecular weight excluding hydrogens is 350 g/mol. The number of anilines is 2. The average molecular weight is 380 g/mol. The van der Waals surface area contributed by atoms with Crippen LogP contribution >= 0.6 is 0 Å². The average Bonchev–Trinajstić information content (AvgIpc) is 2.71. The molecule has 0 bridgehead atoms. The fraction of sp³-hybridized carbons (Fsp3) is 0.391. The van der Waals surface area contributed by atoms with E-state index in [9.17, 15) is 9.59 Å². The van der Waals surface area contributed by atoms with E-state index in [0.717, 1.165) is 18.5 Å². The Morgan fingerprint density at radius 3 is 2.43 bits per heavy atom. The number of hydrogen-bond acceptors (Lipinski definition) is 3. The van der Waals surface area contributed by atoms with Gasteiger partial charge in [-0.2, -0.15) is 0 Å². The first-order chi connectivity index (χ1) is 13.5. The highest BCUT2D eigenvalue weighted by atomic mass is 16.2. The van der Waals surface area contributed by atoms with E-state index < -0.39 is 0 Å². The number of amides is 2. The smallest absolute Gasteiger partial charge is 0.253 e. The van der Waals surface area contributed by atoms with Crippen molar-refractivity contribution in [3.63, 3.8) is 0 Å². The van der Waals surface area contributed by atoms with Crippen molar-refractivity contribution in [3.8, 4) is 0 Å². The summed E-state index contributed by atoms with van der Waals surface area (Å²) in [5, 5.41) is 2.96. The van der Waals surface area contributed by atoms with E-state index in [-0.39, 0.29) is 11.8 Å². The van der Waals surface area contributed by atoms with Crippen LogP contribution in [0.2, 0.25) is 0 Å². The molecule has 0 unspecified atom stereocenters. The second kappa shape index (κ2) is 8.91. The van der Waals surface area contributed by atoms with E-state index in [4.69, 9.17) is 0 Å². The van der Waals surface area contributed by atoms with Gasteiger partial charge in [0.1, 0.15) is 0 Å². The minimum Gasteiger partial charge on any atom is -0.359 e. The molecule has 1 atom stereocenters. The molecule has 1 aliphatic rings. The molecule has 2 aromatic rings. The Kier molecular flexibility index (Phi) is 6.34. The molecule has 2 amide bonds. The number of rotatable bonds is 6. The lowest BCUT2D eigenvalue weighted by Crippen LogP contribution is -2.42. The molecule has 2 aromatic carbocycles. The molecule has 1 heterocycles. The Labute approximate surface area is 167 Å². The van der Waals surface area contributed by atoms with Crippen molar-refractivity contribution in [2.24, 2.45) is 0 Å². The first-order valence-electron chi connectivity index (χ1n) is 10.1. The second-order valence-electron chi connectivity index (χ2n) is 7.25. The summed E-state index contributed by atoms with van der Waals surface area (Å²) in [6, 6.07) is 15.8. The molecule has 0 spiro atoms. The van der Waals surface area contributed by atoms with Crippen LogP contribution in [0.3, 0.4) is 0 Å². The maximum absolute atomic E-state index is 12.6. The lowest BCUT2D eigenvalue weighted by molar-refractivity contribution is -0.115. The highest BCUT2D eigenvalue weighted by molar-refractivity contribution is 5.97. The molecule has 1 aliphatic heterocycles. The molecule has 5 heteroatoms. The molecule has 0 fully saturated rings. The molecule has 3 rings (SSSR count). The third-order valence-electron chi connectivity index (χ3n) is 5.44. The summed E-state index contributed by atoms with van der Waals surface area (Å²) in [5.41, 5.74) is 3.79. The number of para-hydroxylation sites is 1. The van der Waals surface area contributed by atoms with Gasteiger partial charge in [-0.05, 0) is 69.5 Å². The number of fused-ring (bicyclic) bond motifs is 1. The van der Waals surface area contributed by atoms with Crippen LogP contribution in [-0.4, -0.2) is 42.4 Å². The zero-order chi connectivity index (χ0) is 20.1. The molecular formula is C23H29N3O2. The monoisotopic (exact) mass is 379 g/mol. The van der Waals surface area contributed by atoms with Gasteiger partial charge in [0.05, 0.1) is 6.54 Å². The minimum absolute atomic E-state index is 0.0154. The van der Waals surface area contributed by atoms with Crippen molar-refractivity contribution in [1.82, 2.24) is 4.90 Å². The van der Waals surface area contributed by atoms with Crippen LogP contribution < -0.4 is 10.2 Å². The molecule has 5 nitrogen and oxygen atoms in total. The van der Waals surface area contributed by atoms with Crippen molar-refractivity contribution < 1.29 is 9.59 Å². The van der Waals surface area contributed by atoms with E-state index in [0.29, 0.717) is 36.9 Å². The second-order valence-corrected chi connectivity index (χ2v) is 7.25. The Balaban J connectivity index is 1.65. The van der Waals surface area contributed by atoms with Crippen LogP contribution in [0, 0.1) is 0 Å². The Morgan fingerprint density at radius 1 is 1.07 bits per heavy atom. The van der Waals surface area contributed by atoms with Crippen molar-refractivity contribution in [2.75, 3.05) is 29.9 Å². The van der Waals surface area contributed by atoms with Gasteiger partial charge in [-0.15, -0.1) is 0 Å². The number of aryl methyl sites for hydroxylation is 1. The summed E-state index contributed by atoms with van der Waals surface area (Å²) in [6.45, 7) is 7.78. The third kappa shape index (κ3) is 4.35. The van der Waals surface area contributed by atoms with Crippen LogP contribution in [0.4, 0.5) is 11.4 Å². The van der Waals surface area contributed by atoms with E-state index in [2.05, 4.69) is 29.3 Å². The van der Waals surface area contributed by atoms with Gasteiger partial charge in [0, 0.05) is 36.1 Å². The predicted molar refractivity (Wildman–Crippen MR) is 114 cm³/mol. The van der Waals surface area contributed by atoms with Gasteiger partial charge in [-0.1, -0.05) is 18.2 Å². The van der Waals surface area contributed by atoms with E-state index in [1.165, 1.54) is 5.56 Å². The zero-order valence-electron chi connectivity index (χ0n) is 16.9. The topological polar surface area (TPSA) is 52.7 Å². The van der Waals surface area contributed by atoms with Crippen LogP contribution in [0.25, 0.3) is 0 Å². The number of benzene rings is 2. The summed E-state index contributed by atoms with van der Waals surface area (Å²) >= 11 is 0. The number of nitrogens with one attached hydrogen (secondary N) is 1. The molecule has 0 radical (unpaired) electrons. The fourth-order valence-electron chi connectivity index (χ4n) is 3.75. The number of hydrogen-bond donors (Lipinski definition) is 1. The lowest BCUT2D eigenvalue weighted by atomic mass is 9.96. The molecule has 0 aliphatic carbocycles. The zero-order valence-corrected chi connectivity index (χ0v) is 16.9. The quantitative estimate of drug-likeness (QED) is 0.827. The minimum atomic E-state index is -0.0497. The summed E-state index contributed by atoms with van der Waals surface area (Å²) in [5.74, 6) is -0.0343. The van der Waals surface area contributed by atoms with Gasteiger partial charge in [0.2, 0.25) is 5.91 Å². The van der Waals surface area contributed by atoms with E-state index in [1.54, 1.807) is 29.2 Å². The maximum Gasteiger partial charge on any atom is 0.253 e. The predicted octanol–water partition coefficient (Wildman–Crippen LogP) is 3.95. The Bertz CT molecular complexity index is 828. The largest absolute Gasteiger partial charge is 0.359 e. The van der Waals surface area contributed by atoms with Crippen LogP contribution in [0.15, 0.2) is 48.5 Å². The van der Waals surface area contributed by atoms with Crippen molar-refractivity contribution in [2.45, 2.75) is 39.7 Å². The Hall–Kier alpha value is -2.82. The number of carbonyl (C=O) groups is 2. The van der Waals surface area contributed by atoms with E-state index in [1.807, 2.05) is 26.0 Å². The number of carbonyl (C=O) groups excluding carboxylic acids is 2. The summed E-state index contributed by atoms with van der Waals surface area (Å²) in [6.07, 6.45) is 2.10. The van der Waals surface area contributed by atoms with Gasteiger partial charge in [0.15, 0.2) is 0 Å². The maximum atomic E-state index is 12.6. The van der Waals surface area contributed by atoms with E-state index >= 15 is 0 Å². The lowest BCUT2D eigenvalue weighted by Gasteiger charge is -2.36. The fourth-order valence-corrected chi connectivity index (χ4v) is 3.75. The first-order valence-corrected chi connectivity index (χ1v) is 10.1. The van der Waals surface area contributed by atoms with Crippen molar-refractivity contribution in [3.05, 3.63) is 59.7 Å². The summed E-state index contributed by atoms with van der Waals surface area (Å²) in [7, 11) is 0. The van der Waals surface area contributed by atoms with Gasteiger partial charge >= 0.3 is 0 Å². The molecule has 0 saturated heterocycles. The van der Waals surface area contributed by atoms with Gasteiger partial charge in [0.25, 0.3) is 5.91 Å². The molecule has 1 N–H and O–H groups in total. The summed E-state index contributed by atoms with van der Waals surface area (Å²) in [4.78, 5) is 29.0. The first kappa shape index (κ1) is 19.9. The molecule has 148 valence electrons. The van der Waals surface area contributed by atoms with Crippen LogP contribution in [-0.2, 0) is 11.2 Å². The van der Waals surface area contributed by atoms with Gasteiger partial charge in [-0.3, -0.25) is 9.59 Å². The van der Waals surface area contributed by atoms with Crippen LogP contribution in [0.1, 0.15) is 43.1 Å². The third-order valence-corrected chi connectivity index (χ3v) is 5.44. The standard InChI is InChI=1S/C23H29N3O2/c1-4-25(5-2)23(28)19-12-14-20(15-13-19)24-22(27)16-26-17(3)10-11-18-8-6-7-9-21(18)26/h6-9,12-15,17H,4-5,10-11,16H2,1-3H3,(H,24,27)/t17-/m0/s1. The van der Waals surface area contributed by atoms with Crippen molar-refractivity contribution in [1.29, 1.82) is 0 Å². The molecule has 0 aromatic heterocycles. The highest BCUT2D eigenvalue weighted by Crippen LogP contribution is 2.30. The van der Waals surface area contributed by atoms with Gasteiger partial charge < -0.3 is 15.1 Å². The SMILES string of the molecule is CCN(CC)C(=O)c1ccc(NC(=O)CN2c3ccccc3CC[C@@H]2C)cc1. The Morgan fingerprint density at radius 2 is 1.75 bits per heavy atom. The highest BCUT2D eigenvalue weighted by Gasteiger charge is 2.24. The summed E-state index contributed by atoms with van der Waals surface area (Å²) < 4.78 is 0. The molecule has 28 heavy (non-hydrogen) atoms. The van der Waals surface area contributed by atoms with Gasteiger partial charge in [-0.25, -0.2) is 0 Å². The molecule has 0 saturated carbocycles. The van der Waals surface area contributed by atoms with Crippen molar-refractivity contribution >= 4 is 23.2 Å². The van der Waals surface area contributed by atoms with Crippen LogP contribution in [0.5, 0.6) is 0 Å².